The minimum atomic E-state index is -4.60. The van der Waals surface area contributed by atoms with E-state index in [1.807, 2.05) is 5.32 Å². The van der Waals surface area contributed by atoms with Crippen molar-refractivity contribution in [3.05, 3.63) is 77.8 Å². The van der Waals surface area contributed by atoms with Gasteiger partial charge in [0, 0.05) is 6.07 Å². The van der Waals surface area contributed by atoms with Gasteiger partial charge in [0.15, 0.2) is 0 Å². The van der Waals surface area contributed by atoms with Crippen LogP contribution >= 0.6 is 0 Å². The molecule has 1 heterocycles. The molecule has 0 aliphatic carbocycles. The molecule has 1 amide bonds. The van der Waals surface area contributed by atoms with Crippen LogP contribution in [0.2, 0.25) is 0 Å². The van der Waals surface area contributed by atoms with Gasteiger partial charge in [-0.05, 0) is 24.3 Å². The number of benzene rings is 2. The second-order valence-corrected chi connectivity index (χ2v) is 5.51. The lowest BCUT2D eigenvalue weighted by Gasteiger charge is -2.14. The molecule has 0 unspecified atom stereocenters. The molecule has 5 nitrogen and oxygen atoms in total. The molecule has 0 spiro atoms. The van der Waals surface area contributed by atoms with Crippen LogP contribution in [-0.2, 0) is 6.18 Å². The second-order valence-electron chi connectivity index (χ2n) is 5.51. The van der Waals surface area contributed by atoms with Gasteiger partial charge in [0.2, 0.25) is 0 Å². The molecular formula is C18H11F5N4O. The van der Waals surface area contributed by atoms with Crippen LogP contribution in [0.3, 0.4) is 0 Å². The number of carbonyl (C=O) groups is 1. The normalized spacial score (nSPS) is 11.2. The number of amides is 1. The third kappa shape index (κ3) is 4.22. The molecular weight excluding hydrogens is 383 g/mol. The minimum absolute atomic E-state index is 0.106. The summed E-state index contributed by atoms with van der Waals surface area (Å²) in [6.07, 6.45) is -3.66. The molecule has 10 heteroatoms. The lowest BCUT2D eigenvalue weighted by Crippen LogP contribution is -2.16. The van der Waals surface area contributed by atoms with Gasteiger partial charge < -0.3 is 10.6 Å². The Bertz CT molecular complexity index is 1000. The first kappa shape index (κ1) is 19.2. The monoisotopic (exact) mass is 394 g/mol. The summed E-state index contributed by atoms with van der Waals surface area (Å²) in [7, 11) is 0. The molecule has 2 N–H and O–H groups in total. The summed E-state index contributed by atoms with van der Waals surface area (Å²) < 4.78 is 66.5. The topological polar surface area (TPSA) is 66.9 Å². The van der Waals surface area contributed by atoms with E-state index in [2.05, 4.69) is 15.3 Å². The number of nitrogens with zero attached hydrogens (tertiary/aromatic N) is 2. The molecule has 144 valence electrons. The van der Waals surface area contributed by atoms with Crippen molar-refractivity contribution in [2.45, 2.75) is 6.18 Å². The molecule has 3 aromatic rings. The van der Waals surface area contributed by atoms with Crippen molar-refractivity contribution in [2.24, 2.45) is 0 Å². The van der Waals surface area contributed by atoms with Gasteiger partial charge >= 0.3 is 6.18 Å². The van der Waals surface area contributed by atoms with Gasteiger partial charge in [-0.1, -0.05) is 18.2 Å². The zero-order valence-corrected chi connectivity index (χ0v) is 13.9. The number of hydrogen-bond acceptors (Lipinski definition) is 4. The maximum Gasteiger partial charge on any atom is 0.418 e. The number of halogens is 5. The Morgan fingerprint density at radius 3 is 2.29 bits per heavy atom. The number of nitrogens with one attached hydrogen (secondary N) is 2. The zero-order chi connectivity index (χ0) is 20.3. The van der Waals surface area contributed by atoms with E-state index < -0.39 is 35.0 Å². The molecule has 28 heavy (non-hydrogen) atoms. The molecule has 0 aliphatic rings. The van der Waals surface area contributed by atoms with E-state index in [1.54, 1.807) is 0 Å². The molecule has 0 aliphatic heterocycles. The van der Waals surface area contributed by atoms with Gasteiger partial charge in [-0.3, -0.25) is 4.79 Å². The molecule has 0 atom stereocenters. The van der Waals surface area contributed by atoms with Crippen LogP contribution in [0.25, 0.3) is 0 Å². The molecule has 1 aromatic heterocycles. The van der Waals surface area contributed by atoms with E-state index in [-0.39, 0.29) is 17.2 Å². The molecule has 0 radical (unpaired) electrons. The second kappa shape index (κ2) is 7.59. The van der Waals surface area contributed by atoms with E-state index in [0.717, 1.165) is 36.7 Å². The highest BCUT2D eigenvalue weighted by Gasteiger charge is 2.33. The predicted octanol–water partition coefficient (Wildman–Crippen LogP) is 4.77. The first-order valence-electron chi connectivity index (χ1n) is 7.76. The standard InChI is InChI=1S/C18H11F5N4O/c19-11-5-3-6-12(20)16(11)27-17(28)14-8-15(25-9-24-14)26-13-7-2-1-4-10(13)18(21,22)23/h1-9H,(H,27,28)(H,24,25,26). The van der Waals surface area contributed by atoms with Crippen LogP contribution in [0.15, 0.2) is 54.9 Å². The molecule has 2 aromatic carbocycles. The van der Waals surface area contributed by atoms with Crippen molar-refractivity contribution >= 4 is 23.1 Å². The summed E-state index contributed by atoms with van der Waals surface area (Å²) in [5.41, 5.74) is -2.17. The SMILES string of the molecule is O=C(Nc1c(F)cccc1F)c1cc(Nc2ccccc2C(F)(F)F)ncn1. The average molecular weight is 394 g/mol. The van der Waals surface area contributed by atoms with Crippen molar-refractivity contribution in [3.8, 4) is 0 Å². The van der Waals surface area contributed by atoms with Crippen molar-refractivity contribution in [1.82, 2.24) is 9.97 Å². The minimum Gasteiger partial charge on any atom is -0.340 e. The fourth-order valence-electron chi connectivity index (χ4n) is 2.32. The third-order valence-electron chi connectivity index (χ3n) is 3.60. The van der Waals surface area contributed by atoms with Crippen LogP contribution in [0.5, 0.6) is 0 Å². The molecule has 0 saturated heterocycles. The maximum atomic E-state index is 13.6. The maximum absolute atomic E-state index is 13.6. The molecule has 0 bridgehead atoms. The summed E-state index contributed by atoms with van der Waals surface area (Å²) in [6, 6.07) is 8.81. The van der Waals surface area contributed by atoms with Crippen LogP contribution in [-0.4, -0.2) is 15.9 Å². The number of alkyl halides is 3. The van der Waals surface area contributed by atoms with Crippen molar-refractivity contribution in [2.75, 3.05) is 10.6 Å². The fourth-order valence-corrected chi connectivity index (χ4v) is 2.32. The molecule has 3 rings (SSSR count). The van der Waals surface area contributed by atoms with Crippen molar-refractivity contribution in [3.63, 3.8) is 0 Å². The number of rotatable bonds is 4. The Hall–Kier alpha value is -3.56. The van der Waals surface area contributed by atoms with Crippen LogP contribution < -0.4 is 10.6 Å². The smallest absolute Gasteiger partial charge is 0.340 e. The summed E-state index contributed by atoms with van der Waals surface area (Å²) in [5.74, 6) is -3.04. The zero-order valence-electron chi connectivity index (χ0n) is 13.9. The van der Waals surface area contributed by atoms with Crippen molar-refractivity contribution < 1.29 is 26.7 Å². The van der Waals surface area contributed by atoms with Gasteiger partial charge in [-0.15, -0.1) is 0 Å². The summed E-state index contributed by atoms with van der Waals surface area (Å²) >= 11 is 0. The van der Waals surface area contributed by atoms with Crippen LogP contribution in [0, 0.1) is 11.6 Å². The first-order valence-corrected chi connectivity index (χ1v) is 7.76. The largest absolute Gasteiger partial charge is 0.418 e. The molecule has 0 saturated carbocycles. The fraction of sp³-hybridized carbons (Fsp3) is 0.0556. The predicted molar refractivity (Wildman–Crippen MR) is 91.1 cm³/mol. The quantitative estimate of drug-likeness (QED) is 0.626. The van der Waals surface area contributed by atoms with Crippen molar-refractivity contribution in [1.29, 1.82) is 0 Å². The van der Waals surface area contributed by atoms with E-state index in [4.69, 9.17) is 0 Å². The van der Waals surface area contributed by atoms with E-state index >= 15 is 0 Å². The Labute approximate surface area is 155 Å². The van der Waals surface area contributed by atoms with Gasteiger partial charge in [0.05, 0.1) is 11.3 Å². The highest BCUT2D eigenvalue weighted by atomic mass is 19.4. The Kier molecular flexibility index (Phi) is 5.21. The number of para-hydroxylation sites is 2. The first-order chi connectivity index (χ1) is 13.3. The number of anilines is 3. The average Bonchev–Trinajstić information content (AvgIpc) is 2.64. The lowest BCUT2D eigenvalue weighted by molar-refractivity contribution is -0.136. The third-order valence-corrected chi connectivity index (χ3v) is 3.60. The summed E-state index contributed by atoms with van der Waals surface area (Å²) in [4.78, 5) is 19.6. The van der Waals surface area contributed by atoms with Gasteiger partial charge in [-0.25, -0.2) is 18.7 Å². The lowest BCUT2D eigenvalue weighted by atomic mass is 10.1. The number of aromatic nitrogens is 2. The Morgan fingerprint density at radius 1 is 0.929 bits per heavy atom. The number of hydrogen-bond donors (Lipinski definition) is 2. The van der Waals surface area contributed by atoms with Crippen LogP contribution in [0.1, 0.15) is 16.1 Å². The number of carbonyl (C=O) groups excluding carboxylic acids is 1. The van der Waals surface area contributed by atoms with Crippen LogP contribution in [0.4, 0.5) is 39.1 Å². The highest BCUT2D eigenvalue weighted by molar-refractivity contribution is 6.03. The highest BCUT2D eigenvalue weighted by Crippen LogP contribution is 2.35. The summed E-state index contributed by atoms with van der Waals surface area (Å²) in [6.45, 7) is 0. The van der Waals surface area contributed by atoms with E-state index in [0.29, 0.717) is 0 Å². The van der Waals surface area contributed by atoms with E-state index in [1.165, 1.54) is 18.2 Å². The van der Waals surface area contributed by atoms with Gasteiger partial charge in [-0.2, -0.15) is 13.2 Å². The van der Waals surface area contributed by atoms with E-state index in [9.17, 15) is 26.7 Å². The Morgan fingerprint density at radius 2 is 1.61 bits per heavy atom. The van der Waals surface area contributed by atoms with Gasteiger partial charge in [0.1, 0.15) is 35.2 Å². The Balaban J connectivity index is 1.85. The van der Waals surface area contributed by atoms with Gasteiger partial charge in [0.25, 0.3) is 5.91 Å². The summed E-state index contributed by atoms with van der Waals surface area (Å²) in [5, 5.41) is 4.50. The molecule has 0 fully saturated rings.